The number of methoxy groups -OCH3 is 1. The van der Waals surface area contributed by atoms with Crippen molar-refractivity contribution in [3.63, 3.8) is 0 Å². The van der Waals surface area contributed by atoms with Crippen LogP contribution in [0.2, 0.25) is 0 Å². The summed E-state index contributed by atoms with van der Waals surface area (Å²) in [7, 11) is 5.68. The summed E-state index contributed by atoms with van der Waals surface area (Å²) in [4.78, 5) is 27.4. The second-order valence-corrected chi connectivity index (χ2v) is 9.91. The zero-order valence-electron chi connectivity index (χ0n) is 20.8. The smallest absolute Gasteiger partial charge is 0.292 e. The highest BCUT2D eigenvalue weighted by Gasteiger charge is 2.38. The molecule has 2 unspecified atom stereocenters. The molecule has 3 aromatic heterocycles. The van der Waals surface area contributed by atoms with E-state index >= 15 is 0 Å². The largest absolute Gasteiger partial charge is 0.386 e. The van der Waals surface area contributed by atoms with Gasteiger partial charge in [-0.3, -0.25) is 9.69 Å². The molecule has 190 valence electrons. The van der Waals surface area contributed by atoms with E-state index in [1.165, 1.54) is 12.8 Å². The molecule has 3 N–H and O–H groups in total. The molecule has 0 spiro atoms. The topological polar surface area (TPSA) is 121 Å². The zero-order valence-corrected chi connectivity index (χ0v) is 20.8. The second kappa shape index (κ2) is 9.21. The molecule has 36 heavy (non-hydrogen) atoms. The van der Waals surface area contributed by atoms with Crippen LogP contribution in [-0.4, -0.2) is 84.5 Å². The van der Waals surface area contributed by atoms with E-state index in [1.54, 1.807) is 14.2 Å². The molecule has 3 aromatic rings. The summed E-state index contributed by atoms with van der Waals surface area (Å²) in [6, 6.07) is 8.95. The average Bonchev–Trinajstić information content (AvgIpc) is 3.36. The van der Waals surface area contributed by atoms with Crippen LogP contribution in [0.25, 0.3) is 11.0 Å². The number of fused-ring (bicyclic) bond motifs is 3. The number of amides is 1. The first kappa shape index (κ1) is 23.0. The van der Waals surface area contributed by atoms with Crippen molar-refractivity contribution in [1.29, 1.82) is 0 Å². The summed E-state index contributed by atoms with van der Waals surface area (Å²) in [5.41, 5.74) is 1.59. The minimum atomic E-state index is -0.347. The Balaban J connectivity index is 1.24. The zero-order chi connectivity index (χ0) is 24.8. The lowest BCUT2D eigenvalue weighted by Gasteiger charge is -2.39. The number of hydrogen-bond donors (Lipinski definition) is 3. The molecule has 4 atom stereocenters. The van der Waals surface area contributed by atoms with Crippen LogP contribution in [0.1, 0.15) is 36.2 Å². The number of aromatic nitrogens is 3. The summed E-state index contributed by atoms with van der Waals surface area (Å²) in [5.74, 6) is 1.93. The number of anilines is 4. The van der Waals surface area contributed by atoms with Crippen LogP contribution in [-0.2, 0) is 4.74 Å². The number of rotatable bonds is 7. The van der Waals surface area contributed by atoms with E-state index < -0.39 is 0 Å². The van der Waals surface area contributed by atoms with Gasteiger partial charge >= 0.3 is 0 Å². The third-order valence-corrected chi connectivity index (χ3v) is 7.90. The van der Waals surface area contributed by atoms with Crippen molar-refractivity contribution in [3.8, 4) is 0 Å². The van der Waals surface area contributed by atoms with Crippen molar-refractivity contribution < 1.29 is 14.1 Å². The molecule has 1 saturated carbocycles. The summed E-state index contributed by atoms with van der Waals surface area (Å²) < 4.78 is 10.8. The molecule has 1 amide bonds. The summed E-state index contributed by atoms with van der Waals surface area (Å²) in [5, 5.41) is 13.5. The molecule has 5 heterocycles. The van der Waals surface area contributed by atoms with Gasteiger partial charge in [-0.2, -0.15) is 0 Å². The first-order valence-corrected chi connectivity index (χ1v) is 12.6. The Morgan fingerprint density at radius 3 is 2.58 bits per heavy atom. The van der Waals surface area contributed by atoms with Crippen LogP contribution < -0.4 is 20.9 Å². The highest BCUT2D eigenvalue weighted by atomic mass is 16.5. The Bertz CT molecular complexity index is 1260. The van der Waals surface area contributed by atoms with Crippen LogP contribution in [0.3, 0.4) is 0 Å². The van der Waals surface area contributed by atoms with Gasteiger partial charge in [0.1, 0.15) is 23.0 Å². The number of carbonyl (C=O) groups excluding carboxylic acids is 1. The standard InChI is InChI=1S/C25H32N8O3/c1-26-17-11-20(30-23-22(17)31-36-24(23)25(34)27-16-9-10-18(16)35-3)28-19-5-4-6-21(29-19)33-12-14-7-8-15(13-33)32(14)2/h4-6,11,14-16,18,26H,7-10,12-13H2,1-3H3,(H,27,34)(H,28,29,30)/t14?,15?,16-,18-/m1/s1. The number of likely N-dealkylation sites (N-methyl/N-ethyl adjacent to an activating group) is 1. The Morgan fingerprint density at radius 1 is 1.08 bits per heavy atom. The highest BCUT2D eigenvalue weighted by molar-refractivity contribution is 6.05. The maximum Gasteiger partial charge on any atom is 0.292 e. The molecule has 6 rings (SSSR count). The average molecular weight is 493 g/mol. The molecule has 11 nitrogen and oxygen atoms in total. The van der Waals surface area contributed by atoms with E-state index in [0.717, 1.165) is 31.7 Å². The maximum atomic E-state index is 13.0. The normalized spacial score (nSPS) is 25.6. The molecular weight excluding hydrogens is 460 g/mol. The van der Waals surface area contributed by atoms with Gasteiger partial charge in [-0.25, -0.2) is 9.97 Å². The van der Waals surface area contributed by atoms with Gasteiger partial charge in [-0.05, 0) is 44.9 Å². The van der Waals surface area contributed by atoms with Gasteiger partial charge in [0.2, 0.25) is 5.76 Å². The van der Waals surface area contributed by atoms with E-state index in [-0.39, 0.29) is 23.8 Å². The van der Waals surface area contributed by atoms with Crippen LogP contribution in [0.5, 0.6) is 0 Å². The molecule has 0 radical (unpaired) electrons. The van der Waals surface area contributed by atoms with E-state index in [2.05, 4.69) is 49.0 Å². The van der Waals surface area contributed by atoms with Crippen molar-refractivity contribution in [2.75, 3.05) is 49.8 Å². The Morgan fingerprint density at radius 2 is 1.89 bits per heavy atom. The van der Waals surface area contributed by atoms with Gasteiger partial charge in [0.05, 0.1) is 17.8 Å². The maximum absolute atomic E-state index is 13.0. The molecular formula is C25H32N8O3. The molecule has 3 aliphatic rings. The minimum Gasteiger partial charge on any atom is -0.386 e. The van der Waals surface area contributed by atoms with Gasteiger partial charge in [-0.15, -0.1) is 0 Å². The van der Waals surface area contributed by atoms with Crippen molar-refractivity contribution >= 4 is 40.1 Å². The van der Waals surface area contributed by atoms with E-state index in [1.807, 2.05) is 18.2 Å². The predicted octanol–water partition coefficient (Wildman–Crippen LogP) is 2.59. The van der Waals surface area contributed by atoms with Crippen molar-refractivity contribution in [2.24, 2.45) is 0 Å². The summed E-state index contributed by atoms with van der Waals surface area (Å²) in [6.45, 7) is 1.98. The van der Waals surface area contributed by atoms with Crippen molar-refractivity contribution in [2.45, 2.75) is 49.9 Å². The van der Waals surface area contributed by atoms with E-state index in [0.29, 0.717) is 40.4 Å². The van der Waals surface area contributed by atoms with Crippen molar-refractivity contribution in [3.05, 3.63) is 30.0 Å². The molecule has 2 bridgehead atoms. The van der Waals surface area contributed by atoms with Gasteiger partial charge in [0.25, 0.3) is 5.91 Å². The first-order chi connectivity index (χ1) is 17.5. The van der Waals surface area contributed by atoms with Gasteiger partial charge < -0.3 is 30.1 Å². The van der Waals surface area contributed by atoms with Crippen LogP contribution >= 0.6 is 0 Å². The predicted molar refractivity (Wildman–Crippen MR) is 137 cm³/mol. The number of nitrogens with zero attached hydrogens (tertiary/aromatic N) is 5. The summed E-state index contributed by atoms with van der Waals surface area (Å²) in [6.07, 6.45) is 4.31. The van der Waals surface area contributed by atoms with E-state index in [4.69, 9.17) is 14.2 Å². The lowest BCUT2D eigenvalue weighted by Crippen LogP contribution is -2.52. The molecule has 0 aromatic carbocycles. The van der Waals surface area contributed by atoms with E-state index in [9.17, 15) is 4.79 Å². The lowest BCUT2D eigenvalue weighted by molar-refractivity contribution is 0.00678. The fourth-order valence-electron chi connectivity index (χ4n) is 5.58. The van der Waals surface area contributed by atoms with Gasteiger partial charge in [-0.1, -0.05) is 11.2 Å². The molecule has 3 fully saturated rings. The quantitative estimate of drug-likeness (QED) is 0.454. The Kier molecular flexibility index (Phi) is 5.88. The van der Waals surface area contributed by atoms with Crippen molar-refractivity contribution in [1.82, 2.24) is 25.3 Å². The molecule has 2 saturated heterocycles. The molecule has 2 aliphatic heterocycles. The first-order valence-electron chi connectivity index (χ1n) is 12.6. The highest BCUT2D eigenvalue weighted by Crippen LogP contribution is 2.32. The molecule has 1 aliphatic carbocycles. The number of hydrogen-bond acceptors (Lipinski definition) is 10. The number of piperazine rings is 1. The lowest BCUT2D eigenvalue weighted by atomic mass is 9.89. The number of nitrogens with one attached hydrogen (secondary N) is 3. The fourth-order valence-corrected chi connectivity index (χ4v) is 5.58. The third-order valence-electron chi connectivity index (χ3n) is 7.90. The fraction of sp³-hybridized carbons (Fsp3) is 0.520. The van der Waals surface area contributed by atoms with Gasteiger partial charge in [0.15, 0.2) is 5.52 Å². The third kappa shape index (κ3) is 4.01. The summed E-state index contributed by atoms with van der Waals surface area (Å²) >= 11 is 0. The number of ether oxygens (including phenoxy) is 1. The van der Waals surface area contributed by atoms with Crippen LogP contribution in [0.4, 0.5) is 23.1 Å². The van der Waals surface area contributed by atoms with Crippen LogP contribution in [0, 0.1) is 0 Å². The SMILES string of the molecule is CNc1cc(Nc2cccc(N3CC4CCC(C3)N4C)n2)nc2c(C(=O)N[C@@H]3CC[C@H]3OC)onc12. The Labute approximate surface area is 209 Å². The molecule has 11 heteroatoms. The monoisotopic (exact) mass is 492 g/mol. The minimum absolute atomic E-state index is 0.0232. The number of carbonyl (C=O) groups is 1. The second-order valence-electron chi connectivity index (χ2n) is 9.91. The van der Waals surface area contributed by atoms with Gasteiger partial charge in [0, 0.05) is 45.4 Å². The number of pyridine rings is 2. The van der Waals surface area contributed by atoms with Crippen LogP contribution in [0.15, 0.2) is 28.8 Å². The Hall–Kier alpha value is -3.44.